The molecule has 6 heteroatoms. The molecule has 1 amide bonds. The van der Waals surface area contributed by atoms with Gasteiger partial charge in [-0.1, -0.05) is 24.3 Å². The fraction of sp³-hybridized carbons (Fsp3) is 0.300. The van der Waals surface area contributed by atoms with Crippen molar-refractivity contribution in [3.05, 3.63) is 70.4 Å². The van der Waals surface area contributed by atoms with Crippen LogP contribution in [-0.2, 0) is 11.3 Å². The average molecular weight is 348 g/mol. The molecule has 1 aliphatic carbocycles. The van der Waals surface area contributed by atoms with E-state index in [0.717, 1.165) is 23.9 Å². The van der Waals surface area contributed by atoms with Crippen molar-refractivity contribution in [3.63, 3.8) is 0 Å². The van der Waals surface area contributed by atoms with E-state index in [0.29, 0.717) is 17.6 Å². The second-order valence-electron chi connectivity index (χ2n) is 6.72. The second kappa shape index (κ2) is 6.71. The van der Waals surface area contributed by atoms with Gasteiger partial charge in [-0.15, -0.1) is 0 Å². The van der Waals surface area contributed by atoms with E-state index in [4.69, 9.17) is 0 Å². The number of pyridine rings is 1. The molecule has 1 fully saturated rings. The first-order chi connectivity index (χ1) is 12.6. The van der Waals surface area contributed by atoms with Crippen molar-refractivity contribution in [3.8, 4) is 0 Å². The first-order valence-corrected chi connectivity index (χ1v) is 8.83. The highest BCUT2D eigenvalue weighted by Crippen LogP contribution is 2.32. The van der Waals surface area contributed by atoms with Gasteiger partial charge >= 0.3 is 0 Å². The van der Waals surface area contributed by atoms with E-state index in [1.807, 2.05) is 48.2 Å². The minimum Gasteiger partial charge on any atom is -0.333 e. The van der Waals surface area contributed by atoms with Crippen LogP contribution >= 0.6 is 0 Å². The number of aromatic nitrogens is 3. The summed E-state index contributed by atoms with van der Waals surface area (Å²) in [6.45, 7) is 2.35. The zero-order valence-corrected chi connectivity index (χ0v) is 14.6. The Morgan fingerprint density at radius 3 is 2.62 bits per heavy atom. The van der Waals surface area contributed by atoms with Gasteiger partial charge < -0.3 is 4.90 Å². The quantitative estimate of drug-likeness (QED) is 0.769. The number of H-pyrrole nitrogens is 1. The molecular weight excluding hydrogens is 328 g/mol. The molecule has 26 heavy (non-hydrogen) atoms. The maximum absolute atomic E-state index is 13.2. The van der Waals surface area contributed by atoms with Gasteiger partial charge in [0, 0.05) is 17.6 Å². The number of nitrogens with one attached hydrogen (secondary N) is 1. The summed E-state index contributed by atoms with van der Waals surface area (Å²) >= 11 is 0. The molecule has 3 aromatic rings. The van der Waals surface area contributed by atoms with Gasteiger partial charge in [0.15, 0.2) is 0 Å². The summed E-state index contributed by atoms with van der Waals surface area (Å²) in [5, 5.41) is 8.00. The van der Waals surface area contributed by atoms with E-state index < -0.39 is 5.92 Å². The van der Waals surface area contributed by atoms with E-state index in [1.165, 1.54) is 0 Å². The molecule has 0 aliphatic heterocycles. The standard InChI is InChI=1S/C20H20N4O2/c1-13(18-16-7-2-3-8-17(16)19(25)23-22-18)20(26)24(15-9-10-15)12-14-6-4-5-11-21-14/h2-8,11,13,15H,9-10,12H2,1H3,(H,23,25). The Kier molecular flexibility index (Phi) is 4.24. The van der Waals surface area contributed by atoms with Crippen molar-refractivity contribution in [1.82, 2.24) is 20.1 Å². The van der Waals surface area contributed by atoms with Crippen molar-refractivity contribution >= 4 is 16.7 Å². The van der Waals surface area contributed by atoms with E-state index >= 15 is 0 Å². The number of benzene rings is 1. The van der Waals surface area contributed by atoms with Crippen LogP contribution in [0, 0.1) is 0 Å². The van der Waals surface area contributed by atoms with Gasteiger partial charge in [0.25, 0.3) is 5.56 Å². The molecule has 1 atom stereocenters. The number of fused-ring (bicyclic) bond motifs is 1. The van der Waals surface area contributed by atoms with Gasteiger partial charge in [-0.05, 0) is 38.0 Å². The van der Waals surface area contributed by atoms with E-state index in [2.05, 4.69) is 15.2 Å². The van der Waals surface area contributed by atoms with E-state index in [9.17, 15) is 9.59 Å². The number of nitrogens with zero attached hydrogens (tertiary/aromatic N) is 3. The first kappa shape index (κ1) is 16.4. The van der Waals surface area contributed by atoms with Gasteiger partial charge in [0.05, 0.1) is 29.2 Å². The van der Waals surface area contributed by atoms with Crippen LogP contribution in [0.5, 0.6) is 0 Å². The van der Waals surface area contributed by atoms with Gasteiger partial charge in [-0.3, -0.25) is 14.6 Å². The summed E-state index contributed by atoms with van der Waals surface area (Å²) in [7, 11) is 0. The largest absolute Gasteiger partial charge is 0.333 e. The molecule has 4 rings (SSSR count). The molecule has 2 heterocycles. The number of hydrogen-bond donors (Lipinski definition) is 1. The molecule has 1 unspecified atom stereocenters. The third kappa shape index (κ3) is 3.10. The number of aromatic amines is 1. The van der Waals surface area contributed by atoms with Crippen LogP contribution in [0.25, 0.3) is 10.8 Å². The normalized spacial score (nSPS) is 15.0. The summed E-state index contributed by atoms with van der Waals surface area (Å²) < 4.78 is 0. The lowest BCUT2D eigenvalue weighted by molar-refractivity contribution is -0.133. The highest BCUT2D eigenvalue weighted by Gasteiger charge is 2.36. The van der Waals surface area contributed by atoms with Crippen molar-refractivity contribution in [1.29, 1.82) is 0 Å². The van der Waals surface area contributed by atoms with Gasteiger partial charge in [0.2, 0.25) is 5.91 Å². The summed E-state index contributed by atoms with van der Waals surface area (Å²) in [5.74, 6) is -0.427. The number of hydrogen-bond acceptors (Lipinski definition) is 4. The molecule has 6 nitrogen and oxygen atoms in total. The Balaban J connectivity index is 1.66. The molecular formula is C20H20N4O2. The topological polar surface area (TPSA) is 79.0 Å². The first-order valence-electron chi connectivity index (χ1n) is 8.83. The van der Waals surface area contributed by atoms with Crippen LogP contribution in [0.2, 0.25) is 0 Å². The average Bonchev–Trinajstić information content (AvgIpc) is 3.51. The molecule has 132 valence electrons. The predicted molar refractivity (Wildman–Crippen MR) is 98.6 cm³/mol. The third-order valence-electron chi connectivity index (χ3n) is 4.84. The zero-order chi connectivity index (χ0) is 18.1. The van der Waals surface area contributed by atoms with Crippen molar-refractivity contribution in [2.24, 2.45) is 0 Å². The summed E-state index contributed by atoms with van der Waals surface area (Å²) in [5.41, 5.74) is 1.24. The Bertz CT molecular complexity index is 995. The lowest BCUT2D eigenvalue weighted by Crippen LogP contribution is -2.36. The van der Waals surface area contributed by atoms with E-state index in [1.54, 1.807) is 12.3 Å². The second-order valence-corrected chi connectivity index (χ2v) is 6.72. The molecule has 0 saturated heterocycles. The van der Waals surface area contributed by atoms with Crippen LogP contribution in [0.3, 0.4) is 0 Å². The van der Waals surface area contributed by atoms with Crippen LogP contribution in [0.4, 0.5) is 0 Å². The smallest absolute Gasteiger partial charge is 0.272 e. The highest BCUT2D eigenvalue weighted by atomic mass is 16.2. The van der Waals surface area contributed by atoms with Crippen molar-refractivity contribution in [2.75, 3.05) is 0 Å². The van der Waals surface area contributed by atoms with Gasteiger partial charge in [-0.25, -0.2) is 5.10 Å². The Morgan fingerprint density at radius 1 is 1.19 bits per heavy atom. The lowest BCUT2D eigenvalue weighted by atomic mass is 10.00. The van der Waals surface area contributed by atoms with Crippen molar-refractivity contribution in [2.45, 2.75) is 38.3 Å². The minimum absolute atomic E-state index is 0.0165. The fourth-order valence-electron chi connectivity index (χ4n) is 3.27. The number of carbonyl (C=O) groups excluding carboxylic acids is 1. The lowest BCUT2D eigenvalue weighted by Gasteiger charge is -2.25. The third-order valence-corrected chi connectivity index (χ3v) is 4.84. The van der Waals surface area contributed by atoms with Gasteiger partial charge in [-0.2, -0.15) is 5.10 Å². The van der Waals surface area contributed by atoms with E-state index in [-0.39, 0.29) is 17.5 Å². The Morgan fingerprint density at radius 2 is 1.92 bits per heavy atom. The number of carbonyl (C=O) groups is 1. The number of rotatable bonds is 5. The number of amides is 1. The summed E-state index contributed by atoms with van der Waals surface area (Å²) in [6, 6.07) is 13.3. The predicted octanol–water partition coefficient (Wildman–Crippen LogP) is 2.61. The molecule has 0 bridgehead atoms. The molecule has 1 N–H and O–H groups in total. The fourth-order valence-corrected chi connectivity index (χ4v) is 3.27. The van der Waals surface area contributed by atoms with Crippen LogP contribution in [-0.4, -0.2) is 32.0 Å². The maximum atomic E-state index is 13.2. The SMILES string of the molecule is CC(C(=O)N(Cc1ccccn1)C1CC1)c1n[nH]c(=O)c2ccccc12. The summed E-state index contributed by atoms with van der Waals surface area (Å²) in [4.78, 5) is 31.5. The minimum atomic E-state index is -0.443. The zero-order valence-electron chi connectivity index (χ0n) is 14.6. The molecule has 0 radical (unpaired) electrons. The Hall–Kier alpha value is -3.02. The molecule has 0 spiro atoms. The highest BCUT2D eigenvalue weighted by molar-refractivity contribution is 5.91. The monoisotopic (exact) mass is 348 g/mol. The van der Waals surface area contributed by atoms with Crippen LogP contribution < -0.4 is 5.56 Å². The maximum Gasteiger partial charge on any atom is 0.272 e. The van der Waals surface area contributed by atoms with Crippen LogP contribution in [0.1, 0.15) is 37.1 Å². The van der Waals surface area contributed by atoms with Gasteiger partial charge in [0.1, 0.15) is 0 Å². The molecule has 1 aromatic carbocycles. The molecule has 1 saturated carbocycles. The summed E-state index contributed by atoms with van der Waals surface area (Å²) in [6.07, 6.45) is 3.78. The molecule has 2 aromatic heterocycles. The van der Waals surface area contributed by atoms with Crippen molar-refractivity contribution < 1.29 is 4.79 Å². The van der Waals surface area contributed by atoms with Crippen LogP contribution in [0.15, 0.2) is 53.5 Å². The Labute approximate surface area is 150 Å². The molecule has 1 aliphatic rings.